The van der Waals surface area contributed by atoms with E-state index in [-0.39, 0.29) is 5.41 Å². The van der Waals surface area contributed by atoms with Gasteiger partial charge >= 0.3 is 0 Å². The number of nitrogens with zero attached hydrogens (tertiary/aromatic N) is 3. The van der Waals surface area contributed by atoms with Gasteiger partial charge in [-0.25, -0.2) is 4.98 Å². The van der Waals surface area contributed by atoms with Crippen LogP contribution < -0.4 is 10.1 Å². The van der Waals surface area contributed by atoms with E-state index in [9.17, 15) is 0 Å². The van der Waals surface area contributed by atoms with Gasteiger partial charge in [0.15, 0.2) is 0 Å². The maximum atomic E-state index is 5.05. The number of thiazole rings is 1. The molecule has 0 fully saturated rings. The van der Waals surface area contributed by atoms with Crippen molar-refractivity contribution < 1.29 is 4.74 Å². The summed E-state index contributed by atoms with van der Waals surface area (Å²) in [7, 11) is 3.60. The Bertz CT molecular complexity index is 636. The average molecular weight is 304 g/mol. The molecule has 2 heterocycles. The minimum Gasteiger partial charge on any atom is -0.480 e. The number of hydrogen-bond acceptors (Lipinski definition) is 6. The molecule has 5 nitrogen and oxygen atoms in total. The fourth-order valence-corrected chi connectivity index (χ4v) is 3.98. The molecule has 3 rings (SSSR count). The monoisotopic (exact) mass is 304 g/mol. The largest absolute Gasteiger partial charge is 0.480 e. The fourth-order valence-electron chi connectivity index (χ4n) is 2.82. The van der Waals surface area contributed by atoms with Gasteiger partial charge in [0.2, 0.25) is 5.88 Å². The molecule has 0 aromatic carbocycles. The highest BCUT2D eigenvalue weighted by molar-refractivity contribution is 7.15. The lowest BCUT2D eigenvalue weighted by molar-refractivity contribution is 0.265. The van der Waals surface area contributed by atoms with E-state index in [1.807, 2.05) is 19.2 Å². The number of nitrogens with one attached hydrogen (secondary N) is 1. The molecule has 21 heavy (non-hydrogen) atoms. The van der Waals surface area contributed by atoms with Gasteiger partial charge in [0.25, 0.3) is 0 Å². The first-order chi connectivity index (χ1) is 10.0. The second-order valence-electron chi connectivity index (χ2n) is 6.18. The third-order valence-corrected chi connectivity index (χ3v) is 5.10. The number of methoxy groups -OCH3 is 1. The van der Waals surface area contributed by atoms with E-state index in [0.29, 0.717) is 11.9 Å². The van der Waals surface area contributed by atoms with Crippen molar-refractivity contribution in [1.29, 1.82) is 0 Å². The molecule has 0 saturated heterocycles. The van der Waals surface area contributed by atoms with E-state index in [1.54, 1.807) is 18.4 Å². The van der Waals surface area contributed by atoms with Gasteiger partial charge in [0.1, 0.15) is 10.7 Å². The van der Waals surface area contributed by atoms with E-state index < -0.39 is 0 Å². The van der Waals surface area contributed by atoms with Crippen LogP contribution in [0.3, 0.4) is 0 Å². The zero-order chi connectivity index (χ0) is 15.0. The van der Waals surface area contributed by atoms with Gasteiger partial charge in [0.05, 0.1) is 12.8 Å². The topological polar surface area (TPSA) is 59.9 Å². The predicted octanol–water partition coefficient (Wildman–Crippen LogP) is 2.84. The second-order valence-corrected chi connectivity index (χ2v) is 7.21. The van der Waals surface area contributed by atoms with Crippen LogP contribution in [0.4, 0.5) is 0 Å². The molecule has 0 amide bonds. The quantitative estimate of drug-likeness (QED) is 0.945. The molecule has 1 atom stereocenters. The smallest absolute Gasteiger partial charge is 0.233 e. The van der Waals surface area contributed by atoms with Crippen LogP contribution in [-0.4, -0.2) is 29.3 Å². The van der Waals surface area contributed by atoms with Gasteiger partial charge in [-0.3, -0.25) is 0 Å². The highest BCUT2D eigenvalue weighted by Gasteiger charge is 2.34. The summed E-state index contributed by atoms with van der Waals surface area (Å²) in [6, 6.07) is 4.11. The molecule has 0 spiro atoms. The van der Waals surface area contributed by atoms with Crippen LogP contribution >= 0.6 is 11.3 Å². The Balaban J connectivity index is 1.97. The summed E-state index contributed by atoms with van der Waals surface area (Å²) < 4.78 is 5.05. The molecule has 2 aromatic heterocycles. The van der Waals surface area contributed by atoms with E-state index in [4.69, 9.17) is 9.72 Å². The average Bonchev–Trinajstić information content (AvgIpc) is 2.88. The number of ether oxygens (including phenoxy) is 1. The maximum Gasteiger partial charge on any atom is 0.233 e. The van der Waals surface area contributed by atoms with Crippen molar-refractivity contribution in [3.05, 3.63) is 22.7 Å². The van der Waals surface area contributed by atoms with Crippen LogP contribution in [0.2, 0.25) is 0 Å². The summed E-state index contributed by atoms with van der Waals surface area (Å²) in [5, 5.41) is 12.6. The van der Waals surface area contributed by atoms with E-state index >= 15 is 0 Å². The van der Waals surface area contributed by atoms with Gasteiger partial charge < -0.3 is 10.1 Å². The Hall–Kier alpha value is -1.53. The number of fused-ring (bicyclic) bond motifs is 1. The van der Waals surface area contributed by atoms with Crippen LogP contribution in [0, 0.1) is 5.41 Å². The number of hydrogen-bond donors (Lipinski definition) is 1. The second kappa shape index (κ2) is 5.35. The van der Waals surface area contributed by atoms with Crippen molar-refractivity contribution in [2.45, 2.75) is 32.7 Å². The Labute approximate surface area is 128 Å². The predicted molar refractivity (Wildman–Crippen MR) is 83.6 cm³/mol. The zero-order valence-corrected chi connectivity index (χ0v) is 13.6. The molecule has 1 aliphatic carbocycles. The van der Waals surface area contributed by atoms with Crippen LogP contribution in [0.25, 0.3) is 10.7 Å². The summed E-state index contributed by atoms with van der Waals surface area (Å²) >= 11 is 1.72. The molecular weight excluding hydrogens is 284 g/mol. The van der Waals surface area contributed by atoms with E-state index in [0.717, 1.165) is 23.5 Å². The Morgan fingerprint density at radius 3 is 2.76 bits per heavy atom. The van der Waals surface area contributed by atoms with Gasteiger partial charge in [-0.1, -0.05) is 13.8 Å². The molecular formula is C15H20N4OS. The molecule has 0 bridgehead atoms. The van der Waals surface area contributed by atoms with Crippen molar-refractivity contribution in [2.75, 3.05) is 14.2 Å². The van der Waals surface area contributed by atoms with Crippen LogP contribution in [0.15, 0.2) is 12.1 Å². The summed E-state index contributed by atoms with van der Waals surface area (Å²) in [6.45, 7) is 4.60. The molecule has 2 aromatic rings. The van der Waals surface area contributed by atoms with Crippen molar-refractivity contribution in [2.24, 2.45) is 5.41 Å². The summed E-state index contributed by atoms with van der Waals surface area (Å²) in [5.74, 6) is 0.523. The number of rotatable bonds is 3. The first kappa shape index (κ1) is 14.4. The standard InChI is InChI=1S/C15H20N4OS/c1-15(2)7-10(16-3)13-11(8-15)17-14(21-13)9-5-6-12(20-4)19-18-9/h5-6,10,16H,7-8H2,1-4H3. The van der Waals surface area contributed by atoms with E-state index in [2.05, 4.69) is 29.4 Å². The zero-order valence-electron chi connectivity index (χ0n) is 12.8. The third-order valence-electron chi connectivity index (χ3n) is 3.86. The van der Waals surface area contributed by atoms with Crippen LogP contribution in [0.5, 0.6) is 5.88 Å². The molecule has 0 saturated carbocycles. The van der Waals surface area contributed by atoms with Gasteiger partial charge in [0, 0.05) is 17.0 Å². The van der Waals surface area contributed by atoms with Gasteiger partial charge in [-0.15, -0.1) is 21.5 Å². The maximum absolute atomic E-state index is 5.05. The highest BCUT2D eigenvalue weighted by atomic mass is 32.1. The molecule has 1 aliphatic rings. The normalized spacial score (nSPS) is 20.1. The van der Waals surface area contributed by atoms with E-state index in [1.165, 1.54) is 10.6 Å². The Kier molecular flexibility index (Phi) is 3.67. The molecule has 1 N–H and O–H groups in total. The van der Waals surface area contributed by atoms with Crippen molar-refractivity contribution in [3.8, 4) is 16.6 Å². The lowest BCUT2D eigenvalue weighted by Gasteiger charge is -2.34. The first-order valence-electron chi connectivity index (χ1n) is 7.07. The lowest BCUT2D eigenvalue weighted by Crippen LogP contribution is -2.30. The summed E-state index contributed by atoms with van der Waals surface area (Å²) in [6.07, 6.45) is 2.15. The Morgan fingerprint density at radius 1 is 1.33 bits per heavy atom. The highest BCUT2D eigenvalue weighted by Crippen LogP contribution is 2.44. The minimum absolute atomic E-state index is 0.275. The molecule has 0 aliphatic heterocycles. The van der Waals surface area contributed by atoms with Crippen molar-refractivity contribution in [3.63, 3.8) is 0 Å². The molecule has 6 heteroatoms. The summed E-state index contributed by atoms with van der Waals surface area (Å²) in [4.78, 5) is 6.14. The lowest BCUT2D eigenvalue weighted by atomic mass is 9.76. The fraction of sp³-hybridized carbons (Fsp3) is 0.533. The first-order valence-corrected chi connectivity index (χ1v) is 7.89. The van der Waals surface area contributed by atoms with Gasteiger partial charge in [-0.05, 0) is 31.4 Å². The van der Waals surface area contributed by atoms with Crippen molar-refractivity contribution in [1.82, 2.24) is 20.5 Å². The third kappa shape index (κ3) is 2.78. The SMILES string of the molecule is CNC1CC(C)(C)Cc2nc(-c3ccc(OC)nn3)sc21. The van der Waals surface area contributed by atoms with Crippen LogP contribution in [-0.2, 0) is 6.42 Å². The van der Waals surface area contributed by atoms with Crippen LogP contribution in [0.1, 0.15) is 36.9 Å². The minimum atomic E-state index is 0.275. The molecule has 112 valence electrons. The van der Waals surface area contributed by atoms with Gasteiger partial charge in [-0.2, -0.15) is 0 Å². The molecule has 1 unspecified atom stereocenters. The Morgan fingerprint density at radius 2 is 2.14 bits per heavy atom. The number of aromatic nitrogens is 3. The summed E-state index contributed by atoms with van der Waals surface area (Å²) in [5.41, 5.74) is 2.28. The van der Waals surface area contributed by atoms with Crippen molar-refractivity contribution >= 4 is 11.3 Å². The molecule has 0 radical (unpaired) electrons.